The van der Waals surface area contributed by atoms with E-state index < -0.39 is 0 Å². The molecule has 1 N–H and O–H groups in total. The summed E-state index contributed by atoms with van der Waals surface area (Å²) < 4.78 is 6.10. The first kappa shape index (κ1) is 23.8. The van der Waals surface area contributed by atoms with Crippen LogP contribution in [0.15, 0.2) is 36.4 Å². The Labute approximate surface area is 199 Å². The van der Waals surface area contributed by atoms with Crippen molar-refractivity contribution >= 4 is 5.91 Å². The zero-order valence-electron chi connectivity index (χ0n) is 20.7. The van der Waals surface area contributed by atoms with Crippen LogP contribution in [0.1, 0.15) is 73.8 Å². The molecule has 2 fully saturated rings. The van der Waals surface area contributed by atoms with Crippen LogP contribution in [0.5, 0.6) is 5.75 Å². The number of carbonyl (C=O) groups is 1. The van der Waals surface area contributed by atoms with Crippen LogP contribution in [0, 0.1) is 18.8 Å². The number of rotatable bonds is 9. The number of ether oxygens (including phenoxy) is 1. The number of benzene rings is 2. The zero-order valence-corrected chi connectivity index (χ0v) is 20.7. The Bertz CT molecular complexity index is 929. The molecule has 0 spiro atoms. The lowest BCUT2D eigenvalue weighted by molar-refractivity contribution is -0.122. The largest absolute Gasteiger partial charge is 0.493 e. The molecule has 1 heterocycles. The van der Waals surface area contributed by atoms with Gasteiger partial charge in [0.05, 0.1) is 6.61 Å². The van der Waals surface area contributed by atoms with E-state index in [4.69, 9.17) is 4.74 Å². The number of nitrogens with zero attached hydrogens (tertiary/aromatic N) is 1. The molecule has 5 rings (SSSR count). The SMILES string of the molecule is CC.Cc1c(OCCC2CC2)ccc2c1CCN(Cc1ccc(CNC(=O)C3CC3)cc1)C2. The van der Waals surface area contributed by atoms with Gasteiger partial charge in [-0.2, -0.15) is 0 Å². The van der Waals surface area contributed by atoms with Gasteiger partial charge in [-0.15, -0.1) is 0 Å². The predicted molar refractivity (Wildman–Crippen MR) is 134 cm³/mol. The maximum absolute atomic E-state index is 11.8. The van der Waals surface area contributed by atoms with Gasteiger partial charge < -0.3 is 10.1 Å². The fourth-order valence-electron chi connectivity index (χ4n) is 4.61. The molecular weight excluding hydrogens is 408 g/mol. The summed E-state index contributed by atoms with van der Waals surface area (Å²) in [6, 6.07) is 13.2. The highest BCUT2D eigenvalue weighted by Crippen LogP contribution is 2.34. The number of fused-ring (bicyclic) bond motifs is 1. The molecule has 1 aliphatic heterocycles. The maximum Gasteiger partial charge on any atom is 0.223 e. The molecule has 2 aromatic rings. The Morgan fingerprint density at radius 1 is 1.03 bits per heavy atom. The molecule has 2 saturated carbocycles. The van der Waals surface area contributed by atoms with Gasteiger partial charge >= 0.3 is 0 Å². The molecule has 0 radical (unpaired) electrons. The lowest BCUT2D eigenvalue weighted by Gasteiger charge is -2.30. The quantitative estimate of drug-likeness (QED) is 0.528. The number of amides is 1. The number of carbonyl (C=O) groups excluding carboxylic acids is 1. The van der Waals surface area contributed by atoms with Crippen LogP contribution in [0.2, 0.25) is 0 Å². The minimum Gasteiger partial charge on any atom is -0.493 e. The Morgan fingerprint density at radius 3 is 2.45 bits per heavy atom. The topological polar surface area (TPSA) is 41.6 Å². The zero-order chi connectivity index (χ0) is 23.2. The summed E-state index contributed by atoms with van der Waals surface area (Å²) in [5.41, 5.74) is 6.77. The van der Waals surface area contributed by atoms with Crippen LogP contribution in [0.25, 0.3) is 0 Å². The van der Waals surface area contributed by atoms with Crippen LogP contribution < -0.4 is 10.1 Å². The van der Waals surface area contributed by atoms with Crippen LogP contribution in [0.3, 0.4) is 0 Å². The van der Waals surface area contributed by atoms with Gasteiger partial charge in [0.15, 0.2) is 0 Å². The van der Waals surface area contributed by atoms with E-state index in [2.05, 4.69) is 53.5 Å². The molecule has 4 heteroatoms. The molecule has 0 saturated heterocycles. The van der Waals surface area contributed by atoms with E-state index in [1.807, 2.05) is 13.8 Å². The first-order valence-electron chi connectivity index (χ1n) is 13.0. The molecule has 1 amide bonds. The van der Waals surface area contributed by atoms with Crippen molar-refractivity contribution < 1.29 is 9.53 Å². The normalized spacial score (nSPS) is 17.5. The minimum atomic E-state index is 0.211. The molecule has 0 aromatic heterocycles. The van der Waals surface area contributed by atoms with Crippen molar-refractivity contribution in [1.82, 2.24) is 10.2 Å². The van der Waals surface area contributed by atoms with E-state index in [1.54, 1.807) is 0 Å². The Kier molecular flexibility index (Phi) is 8.08. The molecule has 178 valence electrons. The second-order valence-electron chi connectivity index (χ2n) is 9.68. The highest BCUT2D eigenvalue weighted by atomic mass is 16.5. The molecule has 33 heavy (non-hydrogen) atoms. The van der Waals surface area contributed by atoms with Crippen molar-refractivity contribution in [1.29, 1.82) is 0 Å². The lowest BCUT2D eigenvalue weighted by atomic mass is 9.94. The minimum absolute atomic E-state index is 0.211. The third-order valence-electron chi connectivity index (χ3n) is 7.04. The van der Waals surface area contributed by atoms with E-state index in [0.29, 0.717) is 6.54 Å². The number of nitrogens with one attached hydrogen (secondary N) is 1. The Hall–Kier alpha value is -2.33. The predicted octanol–water partition coefficient (Wildman–Crippen LogP) is 5.78. The van der Waals surface area contributed by atoms with E-state index in [0.717, 1.165) is 57.2 Å². The van der Waals surface area contributed by atoms with Crippen LogP contribution in [-0.4, -0.2) is 24.0 Å². The van der Waals surface area contributed by atoms with Gasteiger partial charge in [0.25, 0.3) is 0 Å². The first-order valence-corrected chi connectivity index (χ1v) is 13.0. The van der Waals surface area contributed by atoms with Gasteiger partial charge in [-0.25, -0.2) is 0 Å². The summed E-state index contributed by atoms with van der Waals surface area (Å²) >= 11 is 0. The lowest BCUT2D eigenvalue weighted by Crippen LogP contribution is -2.30. The summed E-state index contributed by atoms with van der Waals surface area (Å²) in [5.74, 6) is 2.48. The van der Waals surface area contributed by atoms with Crippen LogP contribution in [-0.2, 0) is 30.8 Å². The number of hydrogen-bond acceptors (Lipinski definition) is 3. The van der Waals surface area contributed by atoms with Gasteiger partial charge in [0.2, 0.25) is 5.91 Å². The number of hydrogen-bond donors (Lipinski definition) is 1. The Morgan fingerprint density at radius 2 is 1.76 bits per heavy atom. The van der Waals surface area contributed by atoms with E-state index in [9.17, 15) is 4.79 Å². The molecule has 0 bridgehead atoms. The van der Waals surface area contributed by atoms with E-state index in [-0.39, 0.29) is 11.8 Å². The fraction of sp³-hybridized carbons (Fsp3) is 0.552. The van der Waals surface area contributed by atoms with Gasteiger partial charge in [-0.1, -0.05) is 57.0 Å². The second-order valence-corrected chi connectivity index (χ2v) is 9.68. The van der Waals surface area contributed by atoms with Crippen LogP contribution >= 0.6 is 0 Å². The summed E-state index contributed by atoms with van der Waals surface area (Å²) in [4.78, 5) is 14.3. The van der Waals surface area contributed by atoms with Gasteiger partial charge in [0.1, 0.15) is 5.75 Å². The molecule has 2 aliphatic carbocycles. The third-order valence-corrected chi connectivity index (χ3v) is 7.04. The summed E-state index contributed by atoms with van der Waals surface area (Å²) in [6.07, 6.45) is 7.18. The summed E-state index contributed by atoms with van der Waals surface area (Å²) in [5, 5.41) is 3.04. The van der Waals surface area contributed by atoms with Gasteiger partial charge in [-0.3, -0.25) is 9.69 Å². The van der Waals surface area contributed by atoms with Gasteiger partial charge in [-0.05, 0) is 72.4 Å². The van der Waals surface area contributed by atoms with Crippen LogP contribution in [0.4, 0.5) is 0 Å². The monoisotopic (exact) mass is 448 g/mol. The highest BCUT2D eigenvalue weighted by molar-refractivity contribution is 5.80. The van der Waals surface area contributed by atoms with Crippen molar-refractivity contribution in [3.63, 3.8) is 0 Å². The first-order chi connectivity index (χ1) is 16.2. The van der Waals surface area contributed by atoms with Crippen molar-refractivity contribution in [3.05, 3.63) is 64.2 Å². The van der Waals surface area contributed by atoms with Crippen molar-refractivity contribution in [2.45, 2.75) is 78.9 Å². The van der Waals surface area contributed by atoms with Crippen molar-refractivity contribution in [2.75, 3.05) is 13.2 Å². The smallest absolute Gasteiger partial charge is 0.223 e. The van der Waals surface area contributed by atoms with Gasteiger partial charge in [0, 0.05) is 32.1 Å². The average Bonchev–Trinajstić information content (AvgIpc) is 3.76. The summed E-state index contributed by atoms with van der Waals surface area (Å²) in [7, 11) is 0. The third kappa shape index (κ3) is 6.60. The van der Waals surface area contributed by atoms with Crippen molar-refractivity contribution in [2.24, 2.45) is 11.8 Å². The average molecular weight is 449 g/mol. The second kappa shape index (κ2) is 11.2. The molecule has 0 unspecified atom stereocenters. The molecular formula is C29H40N2O2. The Balaban J connectivity index is 0.00000126. The molecule has 3 aliphatic rings. The van der Waals surface area contributed by atoms with E-state index in [1.165, 1.54) is 47.1 Å². The van der Waals surface area contributed by atoms with E-state index >= 15 is 0 Å². The highest BCUT2D eigenvalue weighted by Gasteiger charge is 2.29. The fourth-order valence-corrected chi connectivity index (χ4v) is 4.61. The molecule has 4 nitrogen and oxygen atoms in total. The maximum atomic E-state index is 11.8. The molecule has 2 aromatic carbocycles. The summed E-state index contributed by atoms with van der Waals surface area (Å²) in [6.45, 7) is 10.8. The standard InChI is InChI=1S/C27H34N2O2.C2H6/c1-19-25-12-14-29(18-24(25)10-11-26(19)31-15-13-20-2-3-20)17-22-6-4-21(5-7-22)16-28-27(30)23-8-9-23;1-2/h4-7,10-11,20,23H,2-3,8-9,12-18H2,1H3,(H,28,30);1-2H3. The molecule has 0 atom stereocenters. The van der Waals surface area contributed by atoms with Crippen molar-refractivity contribution in [3.8, 4) is 5.75 Å².